The van der Waals surface area contributed by atoms with Crippen molar-refractivity contribution in [2.45, 2.75) is 25.8 Å². The van der Waals surface area contributed by atoms with E-state index in [1.807, 2.05) is 0 Å². The van der Waals surface area contributed by atoms with Crippen molar-refractivity contribution in [3.05, 3.63) is 132 Å². The van der Waals surface area contributed by atoms with Gasteiger partial charge < -0.3 is 16.0 Å². The molecular weight excluding hydrogens is 478 g/mol. The topological polar surface area (TPSA) is 36.1 Å². The van der Waals surface area contributed by atoms with Crippen molar-refractivity contribution in [1.82, 2.24) is 10.6 Å². The maximum absolute atomic E-state index is 4.27. The standard InChI is InChI=1S/C31H35N3S2/c1-7-18-32-24(5)30(34-22(3)25(6)35-8-2)20-26-14-16-27(17-15-26)23(4)33-29-12-9-11-28(21-29)31-13-10-19-36-31/h8-17,19,21,30,32-34H,2-7,18,20H2,1H3. The highest BCUT2D eigenvalue weighted by Crippen LogP contribution is 2.28. The van der Waals surface area contributed by atoms with Gasteiger partial charge in [0.15, 0.2) is 0 Å². The van der Waals surface area contributed by atoms with Gasteiger partial charge in [-0.15, -0.1) is 11.3 Å². The van der Waals surface area contributed by atoms with Crippen molar-refractivity contribution < 1.29 is 0 Å². The molecule has 0 bridgehead atoms. The second kappa shape index (κ2) is 13.6. The van der Waals surface area contributed by atoms with Gasteiger partial charge in [0.1, 0.15) is 0 Å². The predicted octanol–water partition coefficient (Wildman–Crippen LogP) is 8.42. The van der Waals surface area contributed by atoms with Crippen LogP contribution in [0.2, 0.25) is 0 Å². The summed E-state index contributed by atoms with van der Waals surface area (Å²) in [6.07, 6.45) is 1.80. The lowest BCUT2D eigenvalue weighted by atomic mass is 10.0. The quantitative estimate of drug-likeness (QED) is 0.178. The summed E-state index contributed by atoms with van der Waals surface area (Å²) in [5, 5.41) is 14.2. The summed E-state index contributed by atoms with van der Waals surface area (Å²) in [5.74, 6) is 0. The van der Waals surface area contributed by atoms with Crippen LogP contribution in [0, 0.1) is 0 Å². The van der Waals surface area contributed by atoms with Gasteiger partial charge in [-0.25, -0.2) is 0 Å². The molecule has 0 spiro atoms. The molecule has 0 fully saturated rings. The highest BCUT2D eigenvalue weighted by Gasteiger charge is 2.15. The van der Waals surface area contributed by atoms with Gasteiger partial charge in [-0.1, -0.05) is 94.0 Å². The number of thioether (sulfide) groups is 1. The minimum absolute atomic E-state index is 0.0154. The number of anilines is 1. The molecule has 1 atom stereocenters. The lowest BCUT2D eigenvalue weighted by Crippen LogP contribution is -2.37. The van der Waals surface area contributed by atoms with Crippen LogP contribution >= 0.6 is 23.1 Å². The van der Waals surface area contributed by atoms with Crippen LogP contribution in [0.4, 0.5) is 5.69 Å². The first-order chi connectivity index (χ1) is 17.4. The lowest BCUT2D eigenvalue weighted by molar-refractivity contribution is 0.588. The molecule has 0 radical (unpaired) electrons. The van der Waals surface area contributed by atoms with Gasteiger partial charge in [-0.05, 0) is 58.5 Å². The van der Waals surface area contributed by atoms with Gasteiger partial charge in [0, 0.05) is 39.1 Å². The van der Waals surface area contributed by atoms with E-state index >= 15 is 0 Å². The lowest BCUT2D eigenvalue weighted by Gasteiger charge is -2.25. The molecule has 3 nitrogen and oxygen atoms in total. The van der Waals surface area contributed by atoms with Gasteiger partial charge in [0.05, 0.1) is 6.04 Å². The third-order valence-electron chi connectivity index (χ3n) is 5.64. The van der Waals surface area contributed by atoms with Crippen molar-refractivity contribution in [1.29, 1.82) is 0 Å². The van der Waals surface area contributed by atoms with E-state index < -0.39 is 0 Å². The van der Waals surface area contributed by atoms with Crippen LogP contribution in [-0.4, -0.2) is 12.6 Å². The zero-order chi connectivity index (χ0) is 25.9. The summed E-state index contributed by atoms with van der Waals surface area (Å²) in [5.41, 5.74) is 7.04. The Labute approximate surface area is 224 Å². The monoisotopic (exact) mass is 513 g/mol. The van der Waals surface area contributed by atoms with E-state index in [1.165, 1.54) is 27.8 Å². The normalized spacial score (nSPS) is 11.2. The van der Waals surface area contributed by atoms with Crippen LogP contribution in [0.1, 0.15) is 24.5 Å². The van der Waals surface area contributed by atoms with E-state index in [1.54, 1.807) is 16.7 Å². The highest BCUT2D eigenvalue weighted by atomic mass is 32.2. The molecule has 3 rings (SSSR count). The van der Waals surface area contributed by atoms with Gasteiger partial charge in [0.2, 0.25) is 0 Å². The Morgan fingerprint density at radius 2 is 1.81 bits per heavy atom. The average Bonchev–Trinajstić information content (AvgIpc) is 3.43. The number of thiophene rings is 1. The summed E-state index contributed by atoms with van der Waals surface area (Å²) in [4.78, 5) is 2.10. The molecule has 0 aliphatic carbocycles. The molecule has 1 unspecified atom stereocenters. The van der Waals surface area contributed by atoms with Crippen molar-refractivity contribution in [2.24, 2.45) is 0 Å². The summed E-state index contributed by atoms with van der Waals surface area (Å²) < 4.78 is 0. The molecule has 3 N–H and O–H groups in total. The van der Waals surface area contributed by atoms with Crippen molar-refractivity contribution in [2.75, 3.05) is 11.9 Å². The van der Waals surface area contributed by atoms with Crippen LogP contribution in [0.5, 0.6) is 0 Å². The van der Waals surface area contributed by atoms with Gasteiger partial charge in [-0.2, -0.15) is 0 Å². The average molecular weight is 514 g/mol. The zero-order valence-corrected chi connectivity index (χ0v) is 22.6. The third kappa shape index (κ3) is 7.80. The molecule has 0 aliphatic rings. The number of hydrogen-bond acceptors (Lipinski definition) is 5. The van der Waals surface area contributed by atoms with Gasteiger partial charge in [0.25, 0.3) is 0 Å². The van der Waals surface area contributed by atoms with Crippen LogP contribution in [0.3, 0.4) is 0 Å². The Hall–Kier alpha value is -3.41. The summed E-state index contributed by atoms with van der Waals surface area (Å²) in [6.45, 7) is 23.5. The molecule has 186 valence electrons. The van der Waals surface area contributed by atoms with E-state index in [0.717, 1.165) is 52.6 Å². The molecule has 1 heterocycles. The number of rotatable bonds is 15. The third-order valence-corrected chi connectivity index (χ3v) is 7.26. The van der Waals surface area contributed by atoms with Gasteiger partial charge in [-0.3, -0.25) is 0 Å². The first kappa shape index (κ1) is 27.2. The molecular formula is C31H35N3S2. The maximum Gasteiger partial charge on any atom is 0.0694 e. The molecule has 3 aromatic rings. The Balaban J connectivity index is 1.67. The molecule has 0 amide bonds. The first-order valence-electron chi connectivity index (χ1n) is 12.0. The van der Waals surface area contributed by atoms with Crippen LogP contribution in [0.25, 0.3) is 16.1 Å². The van der Waals surface area contributed by atoms with Crippen molar-refractivity contribution >= 4 is 34.5 Å². The van der Waals surface area contributed by atoms with Crippen LogP contribution in [-0.2, 0) is 6.42 Å². The Kier molecular flexibility index (Phi) is 10.3. The number of hydrogen-bond donors (Lipinski definition) is 3. The van der Waals surface area contributed by atoms with E-state index in [4.69, 9.17) is 0 Å². The van der Waals surface area contributed by atoms with E-state index in [0.29, 0.717) is 0 Å². The smallest absolute Gasteiger partial charge is 0.0694 e. The van der Waals surface area contributed by atoms with Crippen molar-refractivity contribution in [3.8, 4) is 10.4 Å². The van der Waals surface area contributed by atoms with Crippen molar-refractivity contribution in [3.63, 3.8) is 0 Å². The van der Waals surface area contributed by atoms with E-state index in [9.17, 15) is 0 Å². The minimum atomic E-state index is -0.0154. The summed E-state index contributed by atoms with van der Waals surface area (Å²) in [6, 6.07) is 21.1. The largest absolute Gasteiger partial charge is 0.387 e. The predicted molar refractivity (Wildman–Crippen MR) is 163 cm³/mol. The fourth-order valence-corrected chi connectivity index (χ4v) is 4.78. The molecule has 2 aromatic carbocycles. The van der Waals surface area contributed by atoms with Crippen LogP contribution in [0.15, 0.2) is 121 Å². The highest BCUT2D eigenvalue weighted by molar-refractivity contribution is 8.06. The SMILES string of the molecule is C=CSC(=C)C(=C)NC(Cc1ccc(C(=C)Nc2cccc(-c3cccs3)c2)cc1)C(=C)NCCC. The van der Waals surface area contributed by atoms with E-state index in [2.05, 4.69) is 122 Å². The van der Waals surface area contributed by atoms with Gasteiger partial charge >= 0.3 is 0 Å². The zero-order valence-electron chi connectivity index (χ0n) is 21.0. The fraction of sp³-hybridized carbons (Fsp3) is 0.161. The van der Waals surface area contributed by atoms with Crippen LogP contribution < -0.4 is 16.0 Å². The number of benzene rings is 2. The maximum atomic E-state index is 4.27. The molecule has 0 saturated heterocycles. The second-order valence-electron chi connectivity index (χ2n) is 8.40. The van der Waals surface area contributed by atoms with E-state index in [-0.39, 0.29) is 6.04 Å². The second-order valence-corrected chi connectivity index (χ2v) is 10.4. The summed E-state index contributed by atoms with van der Waals surface area (Å²) in [7, 11) is 0. The molecule has 0 aliphatic heterocycles. The molecule has 1 aromatic heterocycles. The molecule has 5 heteroatoms. The Morgan fingerprint density at radius 1 is 1.03 bits per heavy atom. The summed E-state index contributed by atoms with van der Waals surface area (Å²) >= 11 is 3.20. The minimum Gasteiger partial charge on any atom is -0.387 e. The first-order valence-corrected chi connectivity index (χ1v) is 13.7. The number of nitrogens with one attached hydrogen (secondary N) is 3. The fourth-order valence-electron chi connectivity index (χ4n) is 3.65. The Morgan fingerprint density at radius 3 is 2.47 bits per heavy atom. The Bertz CT molecular complexity index is 1210. The molecule has 0 saturated carbocycles. The molecule has 36 heavy (non-hydrogen) atoms.